The summed E-state index contributed by atoms with van der Waals surface area (Å²) in [7, 11) is 1.24. The van der Waals surface area contributed by atoms with E-state index in [1.54, 1.807) is 36.7 Å². The molecule has 186 valence electrons. The number of nitrogens with one attached hydrogen (secondary N) is 2. The van der Waals surface area contributed by atoms with Gasteiger partial charge in [-0.25, -0.2) is 0 Å². The molecule has 4 aromatic rings. The Bertz CT molecular complexity index is 1420. The topological polar surface area (TPSA) is 115 Å². The molecule has 9 heteroatoms. The van der Waals surface area contributed by atoms with E-state index in [0.717, 1.165) is 16.7 Å². The Kier molecular flexibility index (Phi) is 8.18. The maximum Gasteiger partial charge on any atom is 0.325 e. The summed E-state index contributed by atoms with van der Waals surface area (Å²) in [5.41, 5.74) is 4.14. The van der Waals surface area contributed by atoms with Gasteiger partial charge >= 0.3 is 5.97 Å². The van der Waals surface area contributed by atoms with Gasteiger partial charge in [-0.3, -0.25) is 24.0 Å². The van der Waals surface area contributed by atoms with Crippen LogP contribution in [0.15, 0.2) is 91.4 Å². The van der Waals surface area contributed by atoms with Gasteiger partial charge in [0.05, 0.1) is 13.7 Å². The standard InChI is InChI=1S/C28H25N5O4/c1-37-26(35)17-30-28(36)21-9-5-11-24(15-21)31-25(34)13-12-23-19-33(18-20-7-3-2-4-8-20)32-27(23)22-10-6-14-29-16-22/h2-16,19H,17-18H2,1H3,(H,30,36)(H,31,34). The number of anilines is 1. The molecule has 2 aromatic heterocycles. The first-order valence-electron chi connectivity index (χ1n) is 11.5. The van der Waals surface area contributed by atoms with Crippen molar-refractivity contribution < 1.29 is 19.1 Å². The number of hydrogen-bond acceptors (Lipinski definition) is 6. The number of esters is 1. The molecule has 4 rings (SSSR count). The van der Waals surface area contributed by atoms with Crippen LogP contribution in [0, 0.1) is 0 Å². The second-order valence-electron chi connectivity index (χ2n) is 8.02. The first-order valence-corrected chi connectivity index (χ1v) is 11.5. The summed E-state index contributed by atoms with van der Waals surface area (Å²) in [6.07, 6.45) is 8.40. The molecule has 0 bridgehead atoms. The van der Waals surface area contributed by atoms with Gasteiger partial charge in [0, 0.05) is 47.0 Å². The monoisotopic (exact) mass is 495 g/mol. The number of methoxy groups -OCH3 is 1. The molecule has 0 atom stereocenters. The van der Waals surface area contributed by atoms with E-state index in [1.807, 2.05) is 53.3 Å². The smallest absolute Gasteiger partial charge is 0.325 e. The van der Waals surface area contributed by atoms with Gasteiger partial charge in [0.1, 0.15) is 12.2 Å². The lowest BCUT2D eigenvalue weighted by Crippen LogP contribution is -2.30. The quantitative estimate of drug-likeness (QED) is 0.271. The molecule has 0 aliphatic heterocycles. The molecule has 0 aliphatic carbocycles. The van der Waals surface area contributed by atoms with E-state index in [0.29, 0.717) is 23.5 Å². The third-order valence-corrected chi connectivity index (χ3v) is 5.34. The number of pyridine rings is 1. The van der Waals surface area contributed by atoms with Gasteiger partial charge in [-0.05, 0) is 42.0 Å². The molecular formula is C28H25N5O4. The molecule has 0 aliphatic rings. The summed E-state index contributed by atoms with van der Waals surface area (Å²) in [6.45, 7) is 0.338. The van der Waals surface area contributed by atoms with Crippen LogP contribution < -0.4 is 10.6 Å². The highest BCUT2D eigenvalue weighted by Crippen LogP contribution is 2.23. The zero-order valence-corrected chi connectivity index (χ0v) is 20.1. The van der Waals surface area contributed by atoms with Crippen LogP contribution >= 0.6 is 0 Å². The van der Waals surface area contributed by atoms with Crippen LogP contribution in [-0.4, -0.2) is 46.2 Å². The van der Waals surface area contributed by atoms with Crippen LogP contribution in [0.5, 0.6) is 0 Å². The SMILES string of the molecule is COC(=O)CNC(=O)c1cccc(NC(=O)C=Cc2cn(Cc3ccccc3)nc2-c2cccnc2)c1. The fourth-order valence-electron chi connectivity index (χ4n) is 3.55. The van der Waals surface area contributed by atoms with Crippen LogP contribution in [0.25, 0.3) is 17.3 Å². The van der Waals surface area contributed by atoms with Crippen molar-refractivity contribution in [3.8, 4) is 11.3 Å². The van der Waals surface area contributed by atoms with Gasteiger partial charge in [0.15, 0.2) is 0 Å². The fraction of sp³-hybridized carbons (Fsp3) is 0.107. The average Bonchev–Trinajstić information content (AvgIpc) is 3.34. The van der Waals surface area contributed by atoms with Gasteiger partial charge in [0.2, 0.25) is 5.91 Å². The fourth-order valence-corrected chi connectivity index (χ4v) is 3.55. The van der Waals surface area contributed by atoms with E-state index in [9.17, 15) is 14.4 Å². The maximum atomic E-state index is 12.7. The molecule has 0 spiro atoms. The van der Waals surface area contributed by atoms with E-state index in [-0.39, 0.29) is 12.5 Å². The normalized spacial score (nSPS) is 10.7. The van der Waals surface area contributed by atoms with E-state index in [4.69, 9.17) is 5.10 Å². The third-order valence-electron chi connectivity index (χ3n) is 5.34. The Balaban J connectivity index is 1.48. The molecule has 2 amide bonds. The van der Waals surface area contributed by atoms with Crippen molar-refractivity contribution in [1.29, 1.82) is 0 Å². The molecular weight excluding hydrogens is 470 g/mol. The molecule has 0 fully saturated rings. The molecule has 0 radical (unpaired) electrons. The van der Waals surface area contributed by atoms with Crippen LogP contribution in [0.3, 0.4) is 0 Å². The van der Waals surface area contributed by atoms with E-state index in [2.05, 4.69) is 20.4 Å². The second kappa shape index (κ2) is 12.1. The highest BCUT2D eigenvalue weighted by atomic mass is 16.5. The van der Waals surface area contributed by atoms with Crippen molar-refractivity contribution >= 4 is 29.5 Å². The molecule has 37 heavy (non-hydrogen) atoms. The number of nitrogens with zero attached hydrogens (tertiary/aromatic N) is 3. The first kappa shape index (κ1) is 25.1. The van der Waals surface area contributed by atoms with Crippen LogP contribution in [0.1, 0.15) is 21.5 Å². The minimum Gasteiger partial charge on any atom is -0.468 e. The number of carbonyl (C=O) groups excluding carboxylic acids is 3. The van der Waals surface area contributed by atoms with E-state index >= 15 is 0 Å². The minimum atomic E-state index is -0.555. The summed E-state index contributed by atoms with van der Waals surface area (Å²) < 4.78 is 6.34. The van der Waals surface area contributed by atoms with Crippen molar-refractivity contribution in [3.63, 3.8) is 0 Å². The largest absolute Gasteiger partial charge is 0.468 e. The minimum absolute atomic E-state index is 0.244. The van der Waals surface area contributed by atoms with Gasteiger partial charge in [-0.1, -0.05) is 36.4 Å². The zero-order chi connectivity index (χ0) is 26.0. The van der Waals surface area contributed by atoms with Gasteiger partial charge in [0.25, 0.3) is 5.91 Å². The molecule has 0 saturated heterocycles. The van der Waals surface area contributed by atoms with Crippen molar-refractivity contribution in [3.05, 3.63) is 108 Å². The Labute approximate surface area is 213 Å². The van der Waals surface area contributed by atoms with Crippen molar-refractivity contribution in [1.82, 2.24) is 20.1 Å². The van der Waals surface area contributed by atoms with Crippen LogP contribution in [-0.2, 0) is 20.9 Å². The lowest BCUT2D eigenvalue weighted by atomic mass is 10.1. The zero-order valence-electron chi connectivity index (χ0n) is 20.1. The van der Waals surface area contributed by atoms with Gasteiger partial charge in [-0.15, -0.1) is 0 Å². The number of carbonyl (C=O) groups is 3. The Morgan fingerprint density at radius 2 is 1.86 bits per heavy atom. The molecule has 2 N–H and O–H groups in total. The summed E-state index contributed by atoms with van der Waals surface area (Å²) >= 11 is 0. The predicted molar refractivity (Wildman–Crippen MR) is 139 cm³/mol. The summed E-state index contributed by atoms with van der Waals surface area (Å²) in [6, 6.07) is 20.1. The summed E-state index contributed by atoms with van der Waals surface area (Å²) in [5.74, 6) is -1.38. The van der Waals surface area contributed by atoms with E-state index in [1.165, 1.54) is 19.3 Å². The number of ether oxygens (including phenoxy) is 1. The van der Waals surface area contributed by atoms with Gasteiger partial charge < -0.3 is 15.4 Å². The number of rotatable bonds is 9. The van der Waals surface area contributed by atoms with Crippen LogP contribution in [0.2, 0.25) is 0 Å². The molecule has 2 aromatic carbocycles. The van der Waals surface area contributed by atoms with Crippen LogP contribution in [0.4, 0.5) is 5.69 Å². The van der Waals surface area contributed by atoms with Crippen molar-refractivity contribution in [2.75, 3.05) is 19.0 Å². The lowest BCUT2D eigenvalue weighted by molar-refractivity contribution is -0.139. The molecule has 0 saturated carbocycles. The Morgan fingerprint density at radius 1 is 1.03 bits per heavy atom. The number of amides is 2. The van der Waals surface area contributed by atoms with Gasteiger partial charge in [-0.2, -0.15) is 5.10 Å². The van der Waals surface area contributed by atoms with Crippen molar-refractivity contribution in [2.45, 2.75) is 6.54 Å². The number of aromatic nitrogens is 3. The molecule has 9 nitrogen and oxygen atoms in total. The summed E-state index contributed by atoms with van der Waals surface area (Å²) in [5, 5.41) is 9.94. The van der Waals surface area contributed by atoms with E-state index < -0.39 is 11.9 Å². The number of hydrogen-bond donors (Lipinski definition) is 2. The lowest BCUT2D eigenvalue weighted by Gasteiger charge is -2.07. The summed E-state index contributed by atoms with van der Waals surface area (Å²) in [4.78, 5) is 40.4. The first-order chi connectivity index (χ1) is 18.0. The highest BCUT2D eigenvalue weighted by molar-refractivity contribution is 6.03. The molecule has 2 heterocycles. The average molecular weight is 496 g/mol. The highest BCUT2D eigenvalue weighted by Gasteiger charge is 2.12. The maximum absolute atomic E-state index is 12.7. The third kappa shape index (κ3) is 6.98. The molecule has 0 unspecified atom stereocenters. The Morgan fingerprint density at radius 3 is 2.62 bits per heavy atom. The Hall–Kier alpha value is -5.05. The van der Waals surface area contributed by atoms with Crippen molar-refractivity contribution in [2.24, 2.45) is 0 Å². The second-order valence-corrected chi connectivity index (χ2v) is 8.02. The predicted octanol–water partition coefficient (Wildman–Crippen LogP) is 3.55. The number of benzene rings is 2.